The third-order valence-electron chi connectivity index (χ3n) is 8.67. The van der Waals surface area contributed by atoms with Crippen molar-refractivity contribution in [3.63, 3.8) is 0 Å². The van der Waals surface area contributed by atoms with Crippen molar-refractivity contribution in [2.24, 2.45) is 0 Å². The lowest BCUT2D eigenvalue weighted by molar-refractivity contribution is -0.135. The molecule has 50 heavy (non-hydrogen) atoms. The van der Waals surface area contributed by atoms with Crippen molar-refractivity contribution < 1.29 is 46.3 Å². The van der Waals surface area contributed by atoms with Crippen LogP contribution in [0.5, 0.6) is 0 Å². The van der Waals surface area contributed by atoms with Crippen molar-refractivity contribution >= 4 is 31.5 Å². The van der Waals surface area contributed by atoms with Gasteiger partial charge < -0.3 is 9.47 Å². The number of hydroxylamine groups is 2. The standard InChI is InChI=1S/2C16H17N3O5S/c20-15(19-21)16(6-10-24-11-7-16)25(22,23)13-4-2-12(3-5-13)14-17-8-1-9-18-14;20-15(19-21)16(5-9-24-10-6-16)25(22,23)13-3-1-12(2-4-13)14-11-17-7-8-18-14/h1-5,8-9,21H,6-7,10-11H2,(H,19,20);1-4,7-8,11,21H,5-6,9-10H2,(H,19,20). The number of amides is 2. The Kier molecular flexibility index (Phi) is 11.3. The first-order chi connectivity index (χ1) is 24.0. The summed E-state index contributed by atoms with van der Waals surface area (Å²) in [7, 11) is -8.05. The molecule has 0 radical (unpaired) electrons. The van der Waals surface area contributed by atoms with Crippen molar-refractivity contribution in [1.29, 1.82) is 0 Å². The second kappa shape index (κ2) is 15.4. The molecule has 0 unspecified atom stereocenters. The zero-order valence-electron chi connectivity index (χ0n) is 26.5. The average molecular weight is 727 g/mol. The molecule has 2 aromatic carbocycles. The third kappa shape index (κ3) is 6.98. The van der Waals surface area contributed by atoms with E-state index >= 15 is 0 Å². The van der Waals surface area contributed by atoms with Gasteiger partial charge in [0.1, 0.15) is 0 Å². The molecule has 4 heterocycles. The molecule has 2 aliphatic heterocycles. The highest BCUT2D eigenvalue weighted by molar-refractivity contribution is 7.94. The molecular weight excluding hydrogens is 693 g/mol. The predicted octanol–water partition coefficient (Wildman–Crippen LogP) is 1.94. The average Bonchev–Trinajstić information content (AvgIpc) is 3.18. The monoisotopic (exact) mass is 726 g/mol. The fraction of sp³-hybridized carbons (Fsp3) is 0.312. The summed E-state index contributed by atoms with van der Waals surface area (Å²) < 4.78 is 59.3. The van der Waals surface area contributed by atoms with Gasteiger partial charge in [-0.25, -0.2) is 37.8 Å². The topological polar surface area (TPSA) is 237 Å². The van der Waals surface area contributed by atoms with Gasteiger partial charge in [-0.3, -0.25) is 30.0 Å². The Morgan fingerprint density at radius 1 is 0.620 bits per heavy atom. The molecule has 2 aromatic heterocycles. The molecule has 18 heteroatoms. The molecule has 4 N–H and O–H groups in total. The maximum absolute atomic E-state index is 13.1. The van der Waals surface area contributed by atoms with Gasteiger partial charge in [-0.05, 0) is 68.1 Å². The van der Waals surface area contributed by atoms with Gasteiger partial charge in [0.15, 0.2) is 35.0 Å². The van der Waals surface area contributed by atoms with Crippen molar-refractivity contribution in [2.45, 2.75) is 45.0 Å². The Balaban J connectivity index is 0.000000194. The van der Waals surface area contributed by atoms with Crippen LogP contribution in [0, 0.1) is 0 Å². The summed E-state index contributed by atoms with van der Waals surface area (Å²) in [6.07, 6.45) is 7.76. The summed E-state index contributed by atoms with van der Waals surface area (Å²) in [5, 5.41) is 18.1. The number of rotatable bonds is 8. The second-order valence-corrected chi connectivity index (χ2v) is 15.8. The van der Waals surface area contributed by atoms with E-state index in [1.807, 2.05) is 0 Å². The SMILES string of the molecule is O=C(NO)C1(S(=O)(=O)c2ccc(-c3cnccn3)cc2)CCOCC1.O=C(NO)C1(S(=O)(=O)c2ccc(-c3ncccn3)cc2)CCOCC1. The first-order valence-corrected chi connectivity index (χ1v) is 18.3. The number of nitrogens with one attached hydrogen (secondary N) is 2. The van der Waals surface area contributed by atoms with E-state index < -0.39 is 41.0 Å². The second-order valence-electron chi connectivity index (χ2n) is 11.3. The number of benzene rings is 2. The fourth-order valence-corrected chi connectivity index (χ4v) is 9.66. The maximum atomic E-state index is 13.1. The van der Waals surface area contributed by atoms with E-state index in [1.54, 1.807) is 61.3 Å². The molecule has 2 aliphatic rings. The molecule has 2 fully saturated rings. The molecule has 6 rings (SSSR count). The first kappa shape index (κ1) is 36.6. The van der Waals surface area contributed by atoms with Crippen molar-refractivity contribution in [3.05, 3.63) is 85.6 Å². The molecule has 0 bridgehead atoms. The van der Waals surface area contributed by atoms with E-state index in [1.165, 1.54) is 35.2 Å². The van der Waals surface area contributed by atoms with Gasteiger partial charge in [0, 0.05) is 62.3 Å². The van der Waals surface area contributed by atoms with E-state index in [0.717, 1.165) is 0 Å². The number of nitrogens with zero attached hydrogens (tertiary/aromatic N) is 4. The summed E-state index contributed by atoms with van der Waals surface area (Å²) in [6, 6.07) is 13.8. The fourth-order valence-electron chi connectivity index (χ4n) is 5.78. The predicted molar refractivity (Wildman–Crippen MR) is 175 cm³/mol. The van der Waals surface area contributed by atoms with Crippen LogP contribution in [0.2, 0.25) is 0 Å². The largest absolute Gasteiger partial charge is 0.381 e. The number of sulfone groups is 2. The highest BCUT2D eigenvalue weighted by atomic mass is 32.2. The van der Waals surface area contributed by atoms with Gasteiger partial charge in [0.25, 0.3) is 11.8 Å². The number of hydrogen-bond acceptors (Lipinski definition) is 14. The lowest BCUT2D eigenvalue weighted by Crippen LogP contribution is -2.54. The van der Waals surface area contributed by atoms with Crippen LogP contribution in [-0.2, 0) is 38.7 Å². The van der Waals surface area contributed by atoms with Gasteiger partial charge in [0.05, 0.1) is 21.7 Å². The summed E-state index contributed by atoms with van der Waals surface area (Å²) in [5.74, 6) is -1.40. The van der Waals surface area contributed by atoms with E-state index in [0.29, 0.717) is 22.6 Å². The molecule has 2 saturated heterocycles. The molecule has 4 aromatic rings. The number of carbonyl (C=O) groups excluding carboxylic acids is 2. The minimum Gasteiger partial charge on any atom is -0.381 e. The Bertz CT molecular complexity index is 1840. The Hall–Kier alpha value is -4.72. The Morgan fingerprint density at radius 3 is 1.46 bits per heavy atom. The van der Waals surface area contributed by atoms with E-state index in [4.69, 9.17) is 19.9 Å². The molecule has 0 spiro atoms. The van der Waals surface area contributed by atoms with Crippen LogP contribution in [0.3, 0.4) is 0 Å². The highest BCUT2D eigenvalue weighted by Gasteiger charge is 2.53. The van der Waals surface area contributed by atoms with E-state index in [-0.39, 0.29) is 61.9 Å². The lowest BCUT2D eigenvalue weighted by Gasteiger charge is -2.34. The minimum absolute atomic E-state index is 0.00215. The summed E-state index contributed by atoms with van der Waals surface area (Å²) in [4.78, 5) is 40.7. The highest BCUT2D eigenvalue weighted by Crippen LogP contribution is 2.37. The van der Waals surface area contributed by atoms with Gasteiger partial charge >= 0.3 is 0 Å². The van der Waals surface area contributed by atoms with Gasteiger partial charge in [-0.2, -0.15) is 0 Å². The Morgan fingerprint density at radius 2 is 1.06 bits per heavy atom. The van der Waals surface area contributed by atoms with Crippen LogP contribution in [0.25, 0.3) is 22.6 Å². The first-order valence-electron chi connectivity index (χ1n) is 15.3. The van der Waals surface area contributed by atoms with Crippen LogP contribution < -0.4 is 11.0 Å². The van der Waals surface area contributed by atoms with E-state index in [2.05, 4.69) is 19.9 Å². The van der Waals surface area contributed by atoms with Crippen LogP contribution in [0.15, 0.2) is 95.4 Å². The van der Waals surface area contributed by atoms with Gasteiger partial charge in [-0.15, -0.1) is 0 Å². The summed E-state index contributed by atoms with van der Waals surface area (Å²) in [5.41, 5.74) is 4.97. The molecule has 0 saturated carbocycles. The zero-order chi connectivity index (χ0) is 35.8. The van der Waals surface area contributed by atoms with Gasteiger partial charge in [-0.1, -0.05) is 12.1 Å². The molecular formula is C32H34N6O10S2. The molecule has 0 aliphatic carbocycles. The maximum Gasteiger partial charge on any atom is 0.265 e. The minimum atomic E-state index is -4.03. The van der Waals surface area contributed by atoms with Crippen LogP contribution in [0.1, 0.15) is 25.7 Å². The van der Waals surface area contributed by atoms with Crippen LogP contribution in [-0.4, -0.2) is 94.9 Å². The van der Waals surface area contributed by atoms with Gasteiger partial charge in [0.2, 0.25) is 0 Å². The summed E-state index contributed by atoms with van der Waals surface area (Å²) in [6.45, 7) is 0.514. The van der Waals surface area contributed by atoms with Crippen LogP contribution in [0.4, 0.5) is 0 Å². The molecule has 16 nitrogen and oxygen atoms in total. The van der Waals surface area contributed by atoms with Crippen molar-refractivity contribution in [2.75, 3.05) is 26.4 Å². The Labute approximate surface area is 287 Å². The lowest BCUT2D eigenvalue weighted by atomic mass is 9.98. The number of aromatic nitrogens is 4. The molecule has 2 amide bonds. The smallest absolute Gasteiger partial charge is 0.265 e. The quantitative estimate of drug-likeness (QED) is 0.150. The number of carbonyl (C=O) groups is 2. The molecule has 264 valence electrons. The normalized spacial score (nSPS) is 17.0. The van der Waals surface area contributed by atoms with Crippen LogP contribution >= 0.6 is 0 Å². The third-order valence-corrected chi connectivity index (χ3v) is 13.7. The zero-order valence-corrected chi connectivity index (χ0v) is 28.1. The van der Waals surface area contributed by atoms with Crippen molar-refractivity contribution in [3.8, 4) is 22.6 Å². The number of ether oxygens (including phenoxy) is 2. The van der Waals surface area contributed by atoms with Crippen molar-refractivity contribution in [1.82, 2.24) is 30.9 Å². The molecule has 0 atom stereocenters. The summed E-state index contributed by atoms with van der Waals surface area (Å²) >= 11 is 0. The van der Waals surface area contributed by atoms with E-state index in [9.17, 15) is 26.4 Å². The number of hydrogen-bond donors (Lipinski definition) is 4.